The largest absolute Gasteiger partial charge is 0.382 e. The van der Waals surface area contributed by atoms with Crippen LogP contribution in [0.25, 0.3) is 11.3 Å². The Morgan fingerprint density at radius 2 is 1.43 bits per heavy atom. The molecule has 1 aromatic heterocycles. The molecule has 0 unspecified atom stereocenters. The molecule has 2 aromatic carbocycles. The number of rotatable bonds is 4. The van der Waals surface area contributed by atoms with Crippen molar-refractivity contribution in [1.29, 1.82) is 0 Å². The lowest BCUT2D eigenvalue weighted by Gasteiger charge is -2.10. The Labute approximate surface area is 134 Å². The van der Waals surface area contributed by atoms with Crippen molar-refractivity contribution in [3.63, 3.8) is 0 Å². The first-order chi connectivity index (χ1) is 11.1. The summed E-state index contributed by atoms with van der Waals surface area (Å²) in [5.41, 5.74) is 7.28. The first kappa shape index (κ1) is 15.1. The molecule has 0 bridgehead atoms. The molecule has 1 heterocycles. The Kier molecular flexibility index (Phi) is 3.99. The summed E-state index contributed by atoms with van der Waals surface area (Å²) in [6, 6.07) is 20.6. The molecule has 23 heavy (non-hydrogen) atoms. The molecule has 0 amide bonds. The highest BCUT2D eigenvalue weighted by Gasteiger charge is 2.21. The van der Waals surface area contributed by atoms with Crippen LogP contribution in [0.1, 0.15) is 0 Å². The lowest BCUT2D eigenvalue weighted by Crippen LogP contribution is -2.13. The van der Waals surface area contributed by atoms with Crippen LogP contribution in [0.2, 0.25) is 0 Å². The quantitative estimate of drug-likeness (QED) is 0.745. The van der Waals surface area contributed by atoms with Crippen molar-refractivity contribution >= 4 is 15.9 Å². The van der Waals surface area contributed by atoms with Crippen LogP contribution in [-0.2, 0) is 10.1 Å². The summed E-state index contributed by atoms with van der Waals surface area (Å²) in [6.07, 6.45) is 0. The lowest BCUT2D eigenvalue weighted by atomic mass is 10.1. The van der Waals surface area contributed by atoms with Crippen LogP contribution in [0.3, 0.4) is 0 Å². The smallest absolute Gasteiger partial charge is 0.342 e. The number of para-hydroxylation sites is 1. The van der Waals surface area contributed by atoms with Crippen molar-refractivity contribution in [1.82, 2.24) is 4.98 Å². The third-order valence-corrected chi connectivity index (χ3v) is 4.47. The average Bonchev–Trinajstić information content (AvgIpc) is 2.56. The number of aromatic nitrogens is 1. The Balaban J connectivity index is 1.94. The third-order valence-electron chi connectivity index (χ3n) is 3.17. The van der Waals surface area contributed by atoms with E-state index in [9.17, 15) is 8.42 Å². The molecule has 0 radical (unpaired) electrons. The number of pyridine rings is 1. The lowest BCUT2D eigenvalue weighted by molar-refractivity contribution is 0.486. The second-order valence-electron chi connectivity index (χ2n) is 4.80. The number of anilines is 1. The molecule has 6 heteroatoms. The van der Waals surface area contributed by atoms with E-state index in [1.165, 1.54) is 6.07 Å². The topological polar surface area (TPSA) is 82.3 Å². The van der Waals surface area contributed by atoms with Crippen LogP contribution >= 0.6 is 0 Å². The van der Waals surface area contributed by atoms with Gasteiger partial charge in [0.2, 0.25) is 0 Å². The van der Waals surface area contributed by atoms with Crippen molar-refractivity contribution in [3.8, 4) is 17.0 Å². The molecule has 3 aromatic rings. The van der Waals surface area contributed by atoms with Gasteiger partial charge in [0.25, 0.3) is 0 Å². The van der Waals surface area contributed by atoms with Gasteiger partial charge in [0.05, 0.1) is 5.69 Å². The highest BCUT2D eigenvalue weighted by atomic mass is 32.2. The summed E-state index contributed by atoms with van der Waals surface area (Å²) in [4.78, 5) is 4.02. The van der Waals surface area contributed by atoms with Gasteiger partial charge in [0.15, 0.2) is 0 Å². The Hall–Kier alpha value is -2.86. The van der Waals surface area contributed by atoms with Gasteiger partial charge in [-0.3, -0.25) is 0 Å². The summed E-state index contributed by atoms with van der Waals surface area (Å²) in [5.74, 6) is 0.126. The minimum absolute atomic E-state index is 0.0951. The number of hydrogen-bond donors (Lipinski definition) is 1. The minimum Gasteiger partial charge on any atom is -0.382 e. The molecule has 0 fully saturated rings. The highest BCUT2D eigenvalue weighted by Crippen LogP contribution is 2.25. The second kappa shape index (κ2) is 6.10. The van der Waals surface area contributed by atoms with Crippen molar-refractivity contribution in [2.24, 2.45) is 0 Å². The predicted molar refractivity (Wildman–Crippen MR) is 88.3 cm³/mol. The van der Waals surface area contributed by atoms with E-state index in [2.05, 4.69) is 4.98 Å². The maximum Gasteiger partial charge on any atom is 0.342 e. The van der Waals surface area contributed by atoms with Crippen LogP contribution in [0.15, 0.2) is 77.7 Å². The first-order valence-electron chi connectivity index (χ1n) is 6.88. The summed E-state index contributed by atoms with van der Waals surface area (Å²) in [5, 5.41) is 0. The highest BCUT2D eigenvalue weighted by molar-refractivity contribution is 7.87. The maximum atomic E-state index is 12.3. The fourth-order valence-electron chi connectivity index (χ4n) is 2.09. The van der Waals surface area contributed by atoms with Gasteiger partial charge in [-0.2, -0.15) is 8.42 Å². The van der Waals surface area contributed by atoms with E-state index in [0.717, 1.165) is 5.56 Å². The van der Waals surface area contributed by atoms with Gasteiger partial charge >= 0.3 is 10.1 Å². The van der Waals surface area contributed by atoms with Crippen LogP contribution in [-0.4, -0.2) is 13.4 Å². The molecule has 116 valence electrons. The molecule has 0 saturated carbocycles. The molecule has 0 aliphatic heterocycles. The predicted octanol–water partition coefficient (Wildman–Crippen LogP) is 3.10. The number of nitrogen functional groups attached to an aromatic ring is 1. The standard InChI is InChI=1S/C17H14N2O3S/c18-17-16(23(20,21)22-14-9-5-2-6-10-14)12-11-15(19-17)13-7-3-1-4-8-13/h1-12H,(H2,18,19). The third kappa shape index (κ3) is 3.32. The van der Waals surface area contributed by atoms with Gasteiger partial charge in [0, 0.05) is 5.56 Å². The van der Waals surface area contributed by atoms with Crippen LogP contribution in [0.5, 0.6) is 5.75 Å². The molecule has 0 atom stereocenters. The summed E-state index contributed by atoms with van der Waals surface area (Å²) in [6.45, 7) is 0. The monoisotopic (exact) mass is 326 g/mol. The summed E-state index contributed by atoms with van der Waals surface area (Å²) in [7, 11) is -4.03. The van der Waals surface area contributed by atoms with Crippen molar-refractivity contribution in [3.05, 3.63) is 72.8 Å². The number of hydrogen-bond acceptors (Lipinski definition) is 5. The van der Waals surface area contributed by atoms with E-state index in [1.54, 1.807) is 36.4 Å². The minimum atomic E-state index is -4.03. The van der Waals surface area contributed by atoms with Crippen molar-refractivity contribution < 1.29 is 12.6 Å². The SMILES string of the molecule is Nc1nc(-c2ccccc2)ccc1S(=O)(=O)Oc1ccccc1. The van der Waals surface area contributed by atoms with Crippen LogP contribution in [0, 0.1) is 0 Å². The molecule has 0 aliphatic rings. The first-order valence-corrected chi connectivity index (χ1v) is 8.28. The fraction of sp³-hybridized carbons (Fsp3) is 0. The summed E-state index contributed by atoms with van der Waals surface area (Å²) < 4.78 is 29.7. The van der Waals surface area contributed by atoms with Gasteiger partial charge in [-0.25, -0.2) is 4.98 Å². The van der Waals surface area contributed by atoms with E-state index >= 15 is 0 Å². The number of benzene rings is 2. The maximum absolute atomic E-state index is 12.3. The van der Waals surface area contributed by atoms with Crippen molar-refractivity contribution in [2.75, 3.05) is 5.73 Å². The van der Waals surface area contributed by atoms with E-state index in [4.69, 9.17) is 9.92 Å². The molecule has 0 spiro atoms. The Bertz CT molecular complexity index is 911. The second-order valence-corrected chi connectivity index (χ2v) is 6.31. The van der Waals surface area contributed by atoms with Crippen LogP contribution < -0.4 is 9.92 Å². The van der Waals surface area contributed by atoms with E-state index in [-0.39, 0.29) is 16.5 Å². The van der Waals surface area contributed by atoms with E-state index in [0.29, 0.717) is 5.69 Å². The van der Waals surface area contributed by atoms with Gasteiger partial charge in [-0.05, 0) is 24.3 Å². The zero-order chi connectivity index (χ0) is 16.3. The molecule has 3 rings (SSSR count). The van der Waals surface area contributed by atoms with Gasteiger partial charge in [-0.1, -0.05) is 48.5 Å². The van der Waals surface area contributed by atoms with Crippen molar-refractivity contribution in [2.45, 2.75) is 4.90 Å². The van der Waals surface area contributed by atoms with E-state index < -0.39 is 10.1 Å². The van der Waals surface area contributed by atoms with E-state index in [1.807, 2.05) is 30.3 Å². The molecule has 0 aliphatic carbocycles. The van der Waals surface area contributed by atoms with Gasteiger partial charge in [-0.15, -0.1) is 0 Å². The zero-order valence-corrected chi connectivity index (χ0v) is 12.9. The molecule has 0 saturated heterocycles. The number of nitrogens with zero attached hydrogens (tertiary/aromatic N) is 1. The average molecular weight is 326 g/mol. The number of nitrogens with two attached hydrogens (primary N) is 1. The van der Waals surface area contributed by atoms with Gasteiger partial charge < -0.3 is 9.92 Å². The molecule has 2 N–H and O–H groups in total. The zero-order valence-electron chi connectivity index (χ0n) is 12.1. The Morgan fingerprint density at radius 3 is 2.04 bits per heavy atom. The summed E-state index contributed by atoms with van der Waals surface area (Å²) >= 11 is 0. The molecule has 5 nitrogen and oxygen atoms in total. The van der Waals surface area contributed by atoms with Gasteiger partial charge in [0.1, 0.15) is 16.5 Å². The molecular formula is C17H14N2O3S. The normalized spacial score (nSPS) is 11.1. The molecular weight excluding hydrogens is 312 g/mol. The fourth-order valence-corrected chi connectivity index (χ4v) is 3.08. The Morgan fingerprint density at radius 1 is 0.826 bits per heavy atom. The van der Waals surface area contributed by atoms with Crippen LogP contribution in [0.4, 0.5) is 5.82 Å².